The summed E-state index contributed by atoms with van der Waals surface area (Å²) in [5.41, 5.74) is 8.62. The van der Waals surface area contributed by atoms with Crippen LogP contribution in [0.5, 0.6) is 0 Å². The summed E-state index contributed by atoms with van der Waals surface area (Å²) in [5, 5.41) is 0. The summed E-state index contributed by atoms with van der Waals surface area (Å²) in [6.45, 7) is 0. The maximum absolute atomic E-state index is 6.40. The molecule has 0 radical (unpaired) electrons. The zero-order valence-electron chi connectivity index (χ0n) is 10.4. The molecule has 2 aromatic carbocycles. The lowest BCUT2D eigenvalue weighted by Crippen LogP contribution is -2.36. The van der Waals surface area contributed by atoms with E-state index in [0.29, 0.717) is 6.42 Å². The third-order valence-electron chi connectivity index (χ3n) is 3.01. The van der Waals surface area contributed by atoms with Crippen molar-refractivity contribution in [1.29, 1.82) is 0 Å². The Bertz CT molecular complexity index is 465. The van der Waals surface area contributed by atoms with Crippen LogP contribution in [0.4, 0.5) is 0 Å². The van der Waals surface area contributed by atoms with E-state index in [4.69, 9.17) is 17.3 Å². The first-order chi connectivity index (χ1) is 8.66. The van der Waals surface area contributed by atoms with Crippen LogP contribution in [-0.4, -0.2) is 5.00 Å². The molecule has 2 heteroatoms. The fourth-order valence-corrected chi connectivity index (χ4v) is 2.27. The van der Waals surface area contributed by atoms with Gasteiger partial charge < -0.3 is 5.73 Å². The van der Waals surface area contributed by atoms with Gasteiger partial charge in [-0.2, -0.15) is 0 Å². The molecule has 0 saturated carbocycles. The van der Waals surface area contributed by atoms with Gasteiger partial charge in [-0.3, -0.25) is 0 Å². The molecule has 2 rings (SSSR count). The van der Waals surface area contributed by atoms with Gasteiger partial charge in [0.25, 0.3) is 0 Å². The predicted octanol–water partition coefficient (Wildman–Crippen LogP) is 3.76. The maximum atomic E-state index is 6.40. The third kappa shape index (κ3) is 4.17. The van der Waals surface area contributed by atoms with Crippen LogP contribution in [0.2, 0.25) is 0 Å². The molecule has 0 aliphatic heterocycles. The van der Waals surface area contributed by atoms with E-state index in [-0.39, 0.29) is 0 Å². The highest BCUT2D eigenvalue weighted by molar-refractivity contribution is 6.23. The van der Waals surface area contributed by atoms with E-state index in [9.17, 15) is 0 Å². The molecule has 1 unspecified atom stereocenters. The van der Waals surface area contributed by atoms with Gasteiger partial charge in [0.05, 0.1) is 5.00 Å². The Hall–Kier alpha value is -1.31. The largest absolute Gasteiger partial charge is 0.312 e. The molecule has 2 aromatic rings. The molecular weight excluding hydrogens is 242 g/mol. The molecule has 0 saturated heterocycles. The minimum Gasteiger partial charge on any atom is -0.312 e. The SMILES string of the molecule is NC(Cl)(CCc1ccccc1)Cc1ccccc1. The Kier molecular flexibility index (Phi) is 4.40. The van der Waals surface area contributed by atoms with E-state index < -0.39 is 5.00 Å². The summed E-state index contributed by atoms with van der Waals surface area (Å²) in [6, 6.07) is 20.5. The normalized spacial score (nSPS) is 14.1. The maximum Gasteiger partial charge on any atom is 0.0954 e. The van der Waals surface area contributed by atoms with Crippen molar-refractivity contribution in [3.8, 4) is 0 Å². The van der Waals surface area contributed by atoms with E-state index in [1.54, 1.807) is 0 Å². The molecule has 0 aliphatic carbocycles. The van der Waals surface area contributed by atoms with Crippen molar-refractivity contribution in [1.82, 2.24) is 0 Å². The molecule has 1 nitrogen and oxygen atoms in total. The van der Waals surface area contributed by atoms with E-state index in [1.807, 2.05) is 36.4 Å². The fraction of sp³-hybridized carbons (Fsp3) is 0.250. The predicted molar refractivity (Wildman–Crippen MR) is 77.7 cm³/mol. The minimum atomic E-state index is -0.669. The average molecular weight is 260 g/mol. The highest BCUT2D eigenvalue weighted by Crippen LogP contribution is 2.21. The highest BCUT2D eigenvalue weighted by Gasteiger charge is 2.21. The zero-order valence-corrected chi connectivity index (χ0v) is 11.1. The Labute approximate surface area is 114 Å². The Balaban J connectivity index is 1.91. The molecule has 0 aromatic heterocycles. The average Bonchev–Trinajstić information content (AvgIpc) is 2.38. The van der Waals surface area contributed by atoms with Crippen molar-refractivity contribution in [2.75, 3.05) is 0 Å². The van der Waals surface area contributed by atoms with E-state index in [1.165, 1.54) is 11.1 Å². The second-order valence-electron chi connectivity index (χ2n) is 4.68. The first-order valence-electron chi connectivity index (χ1n) is 6.21. The Morgan fingerprint density at radius 3 is 1.89 bits per heavy atom. The third-order valence-corrected chi connectivity index (χ3v) is 3.34. The number of hydrogen-bond acceptors (Lipinski definition) is 1. The van der Waals surface area contributed by atoms with E-state index in [2.05, 4.69) is 24.3 Å². The van der Waals surface area contributed by atoms with Gasteiger partial charge in [-0.15, -0.1) is 11.6 Å². The van der Waals surface area contributed by atoms with Crippen LogP contribution >= 0.6 is 11.6 Å². The first-order valence-corrected chi connectivity index (χ1v) is 6.59. The van der Waals surface area contributed by atoms with Crippen molar-refractivity contribution in [3.05, 3.63) is 71.8 Å². The van der Waals surface area contributed by atoms with Crippen LogP contribution in [-0.2, 0) is 12.8 Å². The topological polar surface area (TPSA) is 26.0 Å². The quantitative estimate of drug-likeness (QED) is 0.642. The number of aryl methyl sites for hydroxylation is 1. The van der Waals surface area contributed by atoms with Crippen LogP contribution in [0.1, 0.15) is 17.5 Å². The van der Waals surface area contributed by atoms with Crippen molar-refractivity contribution in [3.63, 3.8) is 0 Å². The Morgan fingerprint density at radius 1 is 0.833 bits per heavy atom. The van der Waals surface area contributed by atoms with Gasteiger partial charge in [0.2, 0.25) is 0 Å². The zero-order chi connectivity index (χ0) is 12.8. The van der Waals surface area contributed by atoms with Gasteiger partial charge in [-0.1, -0.05) is 60.7 Å². The first kappa shape index (κ1) is 13.1. The summed E-state index contributed by atoms with van der Waals surface area (Å²) in [6.07, 6.45) is 2.38. The smallest absolute Gasteiger partial charge is 0.0954 e. The lowest BCUT2D eigenvalue weighted by Gasteiger charge is -2.22. The van der Waals surface area contributed by atoms with Crippen LogP contribution in [0, 0.1) is 0 Å². The van der Waals surface area contributed by atoms with Crippen molar-refractivity contribution in [2.45, 2.75) is 24.3 Å². The molecule has 2 N–H and O–H groups in total. The highest BCUT2D eigenvalue weighted by atomic mass is 35.5. The van der Waals surface area contributed by atoms with Gasteiger partial charge in [0.1, 0.15) is 0 Å². The number of alkyl halides is 1. The lowest BCUT2D eigenvalue weighted by atomic mass is 9.99. The number of halogens is 1. The van der Waals surface area contributed by atoms with Crippen molar-refractivity contribution >= 4 is 11.6 Å². The molecular formula is C16H18ClN. The molecule has 0 aliphatic rings. The Morgan fingerprint density at radius 2 is 1.33 bits per heavy atom. The monoisotopic (exact) mass is 259 g/mol. The van der Waals surface area contributed by atoms with Gasteiger partial charge >= 0.3 is 0 Å². The van der Waals surface area contributed by atoms with Gasteiger partial charge in [0.15, 0.2) is 0 Å². The lowest BCUT2D eigenvalue weighted by molar-refractivity contribution is 0.545. The van der Waals surface area contributed by atoms with Crippen LogP contribution < -0.4 is 5.73 Å². The second kappa shape index (κ2) is 6.03. The molecule has 18 heavy (non-hydrogen) atoms. The number of rotatable bonds is 5. The van der Waals surface area contributed by atoms with Crippen molar-refractivity contribution < 1.29 is 0 Å². The molecule has 0 fully saturated rings. The minimum absolute atomic E-state index is 0.669. The van der Waals surface area contributed by atoms with E-state index >= 15 is 0 Å². The van der Waals surface area contributed by atoms with Crippen LogP contribution in [0.3, 0.4) is 0 Å². The summed E-state index contributed by atoms with van der Waals surface area (Å²) >= 11 is 6.40. The van der Waals surface area contributed by atoms with Crippen LogP contribution in [0.15, 0.2) is 60.7 Å². The standard InChI is InChI=1S/C16H18ClN/c17-16(18,13-15-9-5-2-6-10-15)12-11-14-7-3-1-4-8-14/h1-10H,11-13,18H2. The number of hydrogen-bond donors (Lipinski definition) is 1. The molecule has 0 amide bonds. The van der Waals surface area contributed by atoms with Gasteiger partial charge in [-0.25, -0.2) is 0 Å². The number of benzene rings is 2. The fourth-order valence-electron chi connectivity index (χ4n) is 2.02. The van der Waals surface area contributed by atoms with Gasteiger partial charge in [0, 0.05) is 6.42 Å². The summed E-state index contributed by atoms with van der Waals surface area (Å²) < 4.78 is 0. The van der Waals surface area contributed by atoms with Crippen molar-refractivity contribution in [2.24, 2.45) is 5.73 Å². The summed E-state index contributed by atoms with van der Waals surface area (Å²) in [7, 11) is 0. The molecule has 0 bridgehead atoms. The molecule has 0 heterocycles. The summed E-state index contributed by atoms with van der Waals surface area (Å²) in [4.78, 5) is -0.669. The van der Waals surface area contributed by atoms with Gasteiger partial charge in [-0.05, 0) is 24.0 Å². The molecule has 1 atom stereocenters. The van der Waals surface area contributed by atoms with E-state index in [0.717, 1.165) is 12.8 Å². The number of nitrogens with two attached hydrogens (primary N) is 1. The molecule has 0 spiro atoms. The summed E-state index contributed by atoms with van der Waals surface area (Å²) in [5.74, 6) is 0. The molecule has 94 valence electrons. The van der Waals surface area contributed by atoms with Crippen LogP contribution in [0.25, 0.3) is 0 Å². The second-order valence-corrected chi connectivity index (χ2v) is 5.44.